The summed E-state index contributed by atoms with van der Waals surface area (Å²) in [5.41, 5.74) is 7.33. The largest absolute Gasteiger partial charge is 0.416 e. The van der Waals surface area contributed by atoms with E-state index in [0.29, 0.717) is 25.1 Å². The molecule has 3 heterocycles. The minimum absolute atomic E-state index is 0.0791. The van der Waals surface area contributed by atoms with Crippen molar-refractivity contribution in [2.45, 2.75) is 70.5 Å². The highest BCUT2D eigenvalue weighted by Gasteiger charge is 2.31. The number of pyridine rings is 1. The molecule has 1 amide bonds. The topological polar surface area (TPSA) is 80.5 Å². The van der Waals surface area contributed by atoms with E-state index in [1.807, 2.05) is 18.5 Å². The highest BCUT2D eigenvalue weighted by Crippen LogP contribution is 2.32. The summed E-state index contributed by atoms with van der Waals surface area (Å²) in [6.07, 6.45) is 10.2. The van der Waals surface area contributed by atoms with Crippen LogP contribution in [0.2, 0.25) is 0 Å². The number of hydrogen-bond acceptors (Lipinski definition) is 5. The summed E-state index contributed by atoms with van der Waals surface area (Å²) in [5.74, 6) is 0.331. The lowest BCUT2D eigenvalue weighted by Gasteiger charge is -2.28. The molecule has 1 atom stereocenters. The second-order valence-electron chi connectivity index (χ2n) is 10.5. The molecule has 2 aliphatic rings. The number of aryl methyl sites for hydroxylation is 1. The fraction of sp³-hybridized carbons (Fsp3) is 0.600. The van der Waals surface area contributed by atoms with E-state index in [9.17, 15) is 18.0 Å². The van der Waals surface area contributed by atoms with Gasteiger partial charge in [0, 0.05) is 38.7 Å². The molecule has 0 radical (unpaired) electrons. The van der Waals surface area contributed by atoms with Crippen LogP contribution in [-0.2, 0) is 35.1 Å². The van der Waals surface area contributed by atoms with E-state index < -0.39 is 17.6 Å². The van der Waals surface area contributed by atoms with Crippen molar-refractivity contribution in [3.05, 3.63) is 65.0 Å². The molecule has 6 nitrogen and oxygen atoms in total. The number of nitrogens with one attached hydrogen (secondary N) is 1. The molecule has 0 spiro atoms. The zero-order chi connectivity index (χ0) is 27.9. The number of nitrogens with two attached hydrogens (primary N) is 1. The molecule has 216 valence electrons. The Morgan fingerprint density at radius 1 is 1.10 bits per heavy atom. The first-order valence-electron chi connectivity index (χ1n) is 14.2. The first-order valence-corrected chi connectivity index (χ1v) is 14.2. The number of rotatable bonds is 5. The van der Waals surface area contributed by atoms with E-state index in [1.54, 1.807) is 4.90 Å². The molecule has 2 aromatic rings. The van der Waals surface area contributed by atoms with Crippen LogP contribution in [0.5, 0.6) is 0 Å². The first kappa shape index (κ1) is 31.0. The number of primary amides is 1. The third-order valence-corrected chi connectivity index (χ3v) is 7.29. The Labute approximate surface area is 230 Å². The lowest BCUT2D eigenvalue weighted by atomic mass is 9.94. The van der Waals surface area contributed by atoms with Crippen molar-refractivity contribution in [1.29, 1.82) is 0 Å². The van der Waals surface area contributed by atoms with Crippen molar-refractivity contribution in [3.63, 3.8) is 0 Å². The van der Waals surface area contributed by atoms with E-state index >= 15 is 0 Å². The van der Waals surface area contributed by atoms with Crippen molar-refractivity contribution in [2.24, 2.45) is 11.7 Å². The number of amides is 1. The highest BCUT2D eigenvalue weighted by atomic mass is 19.4. The third kappa shape index (κ3) is 12.1. The fourth-order valence-corrected chi connectivity index (χ4v) is 5.09. The van der Waals surface area contributed by atoms with Gasteiger partial charge in [-0.3, -0.25) is 14.7 Å². The van der Waals surface area contributed by atoms with Crippen LogP contribution in [0.4, 0.5) is 13.2 Å². The van der Waals surface area contributed by atoms with Crippen LogP contribution in [0, 0.1) is 5.92 Å². The van der Waals surface area contributed by atoms with Gasteiger partial charge < -0.3 is 15.8 Å². The molecule has 0 aliphatic carbocycles. The number of ether oxygens (including phenoxy) is 1. The van der Waals surface area contributed by atoms with Crippen LogP contribution >= 0.6 is 0 Å². The predicted molar refractivity (Wildman–Crippen MR) is 147 cm³/mol. The summed E-state index contributed by atoms with van der Waals surface area (Å²) in [6.45, 7) is 5.24. The van der Waals surface area contributed by atoms with Crippen LogP contribution in [0.15, 0.2) is 42.7 Å². The summed E-state index contributed by atoms with van der Waals surface area (Å²) < 4.78 is 43.4. The van der Waals surface area contributed by atoms with Crippen LogP contribution in [-0.4, -0.2) is 55.2 Å². The second kappa shape index (κ2) is 16.6. The molecule has 3 N–H and O–H groups in total. The molecule has 39 heavy (non-hydrogen) atoms. The van der Waals surface area contributed by atoms with Gasteiger partial charge in [-0.15, -0.1) is 0 Å². The van der Waals surface area contributed by atoms with Crippen molar-refractivity contribution >= 4 is 5.91 Å². The Morgan fingerprint density at radius 2 is 1.92 bits per heavy atom. The Hall–Kier alpha value is -2.49. The number of nitrogens with zero attached hydrogens (tertiary/aromatic N) is 2. The Bertz CT molecular complexity index is 974. The third-order valence-electron chi connectivity index (χ3n) is 7.29. The standard InChI is InChI=1S/C18H30N2O.C12H13F3N2O/c1-2-7-17(9-10-18-8-6-12-20-16-18)15-19-11-3-5-14-21-13-4-1;13-12(14,15)10-2-1-8-3-4-17(7-11(16)18)6-9(8)5-10/h6,8,12,16-17,19H,1-5,7,9-11,13-15H2;1-2,5H,3-4,6-7H2,(H2,16,18). The molecule has 4 rings (SSSR count). The Morgan fingerprint density at radius 3 is 2.67 bits per heavy atom. The molecule has 9 heteroatoms. The summed E-state index contributed by atoms with van der Waals surface area (Å²) in [5, 5.41) is 3.64. The Kier molecular flexibility index (Phi) is 13.2. The van der Waals surface area contributed by atoms with Crippen LogP contribution in [0.1, 0.15) is 67.2 Å². The first-order chi connectivity index (χ1) is 18.8. The Balaban J connectivity index is 0.000000218. The molecule has 1 aromatic heterocycles. The maximum absolute atomic E-state index is 12.6. The SMILES string of the molecule is NC(=O)CN1CCc2ccc(C(F)(F)F)cc2C1.c1cncc(CCC2CCCCCOCCCCNC2)c1. The van der Waals surface area contributed by atoms with Gasteiger partial charge in [-0.05, 0) is 98.8 Å². The van der Waals surface area contributed by atoms with Crippen molar-refractivity contribution in [3.8, 4) is 0 Å². The minimum Gasteiger partial charge on any atom is -0.381 e. The number of carbonyl (C=O) groups excluding carboxylic acids is 1. The van der Waals surface area contributed by atoms with Crippen molar-refractivity contribution in [2.75, 3.05) is 39.4 Å². The van der Waals surface area contributed by atoms with E-state index in [0.717, 1.165) is 49.8 Å². The van der Waals surface area contributed by atoms with Crippen molar-refractivity contribution < 1.29 is 22.7 Å². The molecule has 1 saturated heterocycles. The van der Waals surface area contributed by atoms with E-state index in [1.165, 1.54) is 63.1 Å². The van der Waals surface area contributed by atoms with E-state index in [-0.39, 0.29) is 6.54 Å². The number of alkyl halides is 3. The van der Waals surface area contributed by atoms with Gasteiger partial charge in [0.15, 0.2) is 0 Å². The average Bonchev–Trinajstić information content (AvgIpc) is 2.94. The van der Waals surface area contributed by atoms with Gasteiger partial charge in [-0.1, -0.05) is 25.0 Å². The number of benzene rings is 1. The lowest BCUT2D eigenvalue weighted by Crippen LogP contribution is -2.37. The molecule has 0 saturated carbocycles. The molecule has 1 unspecified atom stereocenters. The normalized spacial score (nSPS) is 19.8. The average molecular weight is 549 g/mol. The molecule has 1 fully saturated rings. The summed E-state index contributed by atoms with van der Waals surface area (Å²) in [6, 6.07) is 8.00. The number of carbonyl (C=O) groups is 1. The van der Waals surface area contributed by atoms with Gasteiger partial charge >= 0.3 is 6.18 Å². The van der Waals surface area contributed by atoms with Gasteiger partial charge in [-0.25, -0.2) is 0 Å². The number of hydrogen-bond donors (Lipinski definition) is 2. The maximum Gasteiger partial charge on any atom is 0.416 e. The molecule has 0 bridgehead atoms. The zero-order valence-corrected chi connectivity index (χ0v) is 22.9. The summed E-state index contributed by atoms with van der Waals surface area (Å²) in [7, 11) is 0. The maximum atomic E-state index is 12.6. The molecule has 1 aromatic carbocycles. The van der Waals surface area contributed by atoms with E-state index in [2.05, 4.69) is 16.4 Å². The summed E-state index contributed by atoms with van der Waals surface area (Å²) in [4.78, 5) is 16.8. The van der Waals surface area contributed by atoms with Crippen LogP contribution < -0.4 is 11.1 Å². The number of aromatic nitrogens is 1. The second-order valence-corrected chi connectivity index (χ2v) is 10.5. The molecular weight excluding hydrogens is 505 g/mol. The van der Waals surface area contributed by atoms with Crippen LogP contribution in [0.25, 0.3) is 0 Å². The van der Waals surface area contributed by atoms with E-state index in [4.69, 9.17) is 10.5 Å². The van der Waals surface area contributed by atoms with Gasteiger partial charge in [0.25, 0.3) is 0 Å². The predicted octanol–water partition coefficient (Wildman–Crippen LogP) is 5.14. The van der Waals surface area contributed by atoms with Gasteiger partial charge in [0.1, 0.15) is 0 Å². The molecular formula is C30H43F3N4O2. The highest BCUT2D eigenvalue weighted by molar-refractivity contribution is 5.76. The lowest BCUT2D eigenvalue weighted by molar-refractivity contribution is -0.137. The fourth-order valence-electron chi connectivity index (χ4n) is 5.09. The van der Waals surface area contributed by atoms with Crippen molar-refractivity contribution in [1.82, 2.24) is 15.2 Å². The number of fused-ring (bicyclic) bond motifs is 1. The zero-order valence-electron chi connectivity index (χ0n) is 22.9. The summed E-state index contributed by atoms with van der Waals surface area (Å²) >= 11 is 0. The molecule has 2 aliphatic heterocycles. The quantitative estimate of drug-likeness (QED) is 0.541. The van der Waals surface area contributed by atoms with Gasteiger partial charge in [-0.2, -0.15) is 13.2 Å². The number of halogens is 3. The minimum atomic E-state index is -4.33. The monoisotopic (exact) mass is 548 g/mol. The van der Waals surface area contributed by atoms with Crippen LogP contribution in [0.3, 0.4) is 0 Å². The smallest absolute Gasteiger partial charge is 0.381 e. The van der Waals surface area contributed by atoms with Gasteiger partial charge in [0.2, 0.25) is 5.91 Å². The van der Waals surface area contributed by atoms with Gasteiger partial charge in [0.05, 0.1) is 12.1 Å².